The van der Waals surface area contributed by atoms with Crippen LogP contribution in [-0.4, -0.2) is 33.6 Å². The Kier molecular flexibility index (Phi) is 4.72. The van der Waals surface area contributed by atoms with Crippen molar-refractivity contribution in [2.75, 3.05) is 22.8 Å². The van der Waals surface area contributed by atoms with Crippen molar-refractivity contribution in [2.24, 2.45) is 0 Å². The number of carbonyl (C=O) groups is 1. The molecule has 2 aliphatic rings. The zero-order chi connectivity index (χ0) is 20.7. The minimum absolute atomic E-state index is 0.0409. The fourth-order valence-corrected chi connectivity index (χ4v) is 5.25. The smallest absolute Gasteiger partial charge is 0.261 e. The molecule has 1 unspecified atom stereocenters. The topological polar surface area (TPSA) is 75.7 Å². The number of nitrogens with zero attached hydrogens (tertiary/aromatic N) is 1. The Bertz CT molecular complexity index is 1230. The number of anilines is 2. The Labute approximate surface area is 175 Å². The third kappa shape index (κ3) is 3.44. The van der Waals surface area contributed by atoms with E-state index in [1.807, 2.05) is 30.3 Å². The molecule has 0 radical (unpaired) electrons. The van der Waals surface area contributed by atoms with Gasteiger partial charge < -0.3 is 9.64 Å². The van der Waals surface area contributed by atoms with Gasteiger partial charge in [0.2, 0.25) is 0 Å². The maximum absolute atomic E-state index is 13.0. The van der Waals surface area contributed by atoms with Crippen LogP contribution in [0.25, 0.3) is 10.8 Å². The molecule has 6 nitrogen and oxygen atoms in total. The summed E-state index contributed by atoms with van der Waals surface area (Å²) < 4.78 is 34.1. The van der Waals surface area contributed by atoms with Gasteiger partial charge in [-0.3, -0.25) is 9.52 Å². The summed E-state index contributed by atoms with van der Waals surface area (Å²) in [6.45, 7) is 1.21. The highest BCUT2D eigenvalue weighted by Gasteiger charge is 2.33. The van der Waals surface area contributed by atoms with Gasteiger partial charge in [0, 0.05) is 18.8 Å². The molecule has 0 aliphatic carbocycles. The van der Waals surface area contributed by atoms with Gasteiger partial charge >= 0.3 is 0 Å². The molecule has 0 saturated carbocycles. The summed E-state index contributed by atoms with van der Waals surface area (Å²) in [4.78, 5) is 14.7. The zero-order valence-electron chi connectivity index (χ0n) is 16.4. The lowest BCUT2D eigenvalue weighted by atomic mass is 10.1. The van der Waals surface area contributed by atoms with Crippen LogP contribution in [0.2, 0.25) is 0 Å². The summed E-state index contributed by atoms with van der Waals surface area (Å²) in [5.74, 6) is -0.0409. The molecule has 1 N–H and O–H groups in total. The van der Waals surface area contributed by atoms with E-state index >= 15 is 0 Å². The number of hydrogen-bond donors (Lipinski definition) is 1. The molecule has 0 bridgehead atoms. The third-order valence-electron chi connectivity index (χ3n) is 5.74. The summed E-state index contributed by atoms with van der Waals surface area (Å²) in [7, 11) is -3.75. The molecule has 0 spiro atoms. The molecule has 2 aliphatic heterocycles. The van der Waals surface area contributed by atoms with Crippen molar-refractivity contribution < 1.29 is 17.9 Å². The lowest BCUT2D eigenvalue weighted by Crippen LogP contribution is -2.37. The van der Waals surface area contributed by atoms with Crippen LogP contribution in [0.3, 0.4) is 0 Å². The average Bonchev–Trinajstić information content (AvgIpc) is 3.43. The summed E-state index contributed by atoms with van der Waals surface area (Å²) in [5.41, 5.74) is 2.23. The number of carbonyl (C=O) groups excluding carboxylic acids is 1. The first-order chi connectivity index (χ1) is 14.5. The van der Waals surface area contributed by atoms with E-state index in [4.69, 9.17) is 4.74 Å². The van der Waals surface area contributed by atoms with Crippen LogP contribution in [0.15, 0.2) is 65.6 Å². The van der Waals surface area contributed by atoms with Crippen LogP contribution < -0.4 is 9.62 Å². The maximum atomic E-state index is 13.0. The van der Waals surface area contributed by atoms with Crippen molar-refractivity contribution in [3.8, 4) is 0 Å². The number of nitrogens with one attached hydrogen (secondary N) is 1. The number of sulfonamides is 1. The van der Waals surface area contributed by atoms with E-state index in [1.54, 1.807) is 35.2 Å². The molecule has 7 heteroatoms. The Hall–Kier alpha value is -2.90. The van der Waals surface area contributed by atoms with Crippen LogP contribution in [-0.2, 0) is 26.0 Å². The van der Waals surface area contributed by atoms with Crippen LogP contribution in [0, 0.1) is 0 Å². The summed E-state index contributed by atoms with van der Waals surface area (Å²) in [5, 5.41) is 1.85. The number of amides is 1. The van der Waals surface area contributed by atoms with E-state index in [-0.39, 0.29) is 10.8 Å². The van der Waals surface area contributed by atoms with Crippen molar-refractivity contribution in [1.29, 1.82) is 0 Å². The normalized spacial score (nSPS) is 18.5. The number of benzene rings is 3. The van der Waals surface area contributed by atoms with Gasteiger partial charge in [-0.15, -0.1) is 0 Å². The highest BCUT2D eigenvalue weighted by molar-refractivity contribution is 7.92. The zero-order valence-corrected chi connectivity index (χ0v) is 17.2. The van der Waals surface area contributed by atoms with Crippen molar-refractivity contribution in [2.45, 2.75) is 30.3 Å². The van der Waals surface area contributed by atoms with Gasteiger partial charge in [0.05, 0.1) is 10.6 Å². The molecule has 2 heterocycles. The quantitative estimate of drug-likeness (QED) is 0.696. The average molecular weight is 423 g/mol. The van der Waals surface area contributed by atoms with E-state index in [1.165, 1.54) is 0 Å². The van der Waals surface area contributed by atoms with E-state index in [9.17, 15) is 13.2 Å². The molecule has 1 saturated heterocycles. The second-order valence-corrected chi connectivity index (χ2v) is 9.38. The number of fused-ring (bicyclic) bond motifs is 2. The Balaban J connectivity index is 1.42. The van der Waals surface area contributed by atoms with Gasteiger partial charge in [-0.25, -0.2) is 8.42 Å². The molecule has 3 aromatic rings. The van der Waals surface area contributed by atoms with Gasteiger partial charge in [-0.1, -0.05) is 36.4 Å². The summed E-state index contributed by atoms with van der Waals surface area (Å²) >= 11 is 0. The van der Waals surface area contributed by atoms with Crippen molar-refractivity contribution in [3.05, 3.63) is 66.2 Å². The molecule has 3 aromatic carbocycles. The molecule has 1 amide bonds. The molecular weight excluding hydrogens is 400 g/mol. The van der Waals surface area contributed by atoms with E-state index in [0.717, 1.165) is 41.3 Å². The van der Waals surface area contributed by atoms with Gasteiger partial charge in [-0.05, 0) is 59.9 Å². The van der Waals surface area contributed by atoms with Crippen molar-refractivity contribution in [1.82, 2.24) is 0 Å². The van der Waals surface area contributed by atoms with Crippen molar-refractivity contribution >= 4 is 38.1 Å². The van der Waals surface area contributed by atoms with Crippen LogP contribution in [0.4, 0.5) is 11.4 Å². The second-order valence-electron chi connectivity index (χ2n) is 7.70. The fourth-order valence-electron chi connectivity index (χ4n) is 4.17. The summed E-state index contributed by atoms with van der Waals surface area (Å²) in [6.07, 6.45) is 1.99. The molecule has 0 aromatic heterocycles. The SMILES string of the molecule is O=C(C1CCCO1)N1CCc2ccc(NS(=O)(=O)c3ccc4ccccc4c3)cc21. The minimum atomic E-state index is -3.75. The molecule has 30 heavy (non-hydrogen) atoms. The molecule has 5 rings (SSSR count). The monoisotopic (exact) mass is 422 g/mol. The molecule has 1 atom stereocenters. The molecule has 1 fully saturated rings. The van der Waals surface area contributed by atoms with Gasteiger partial charge in [-0.2, -0.15) is 0 Å². The predicted octanol–water partition coefficient (Wildman–Crippen LogP) is 3.71. The Morgan fingerprint density at radius 1 is 1.03 bits per heavy atom. The van der Waals surface area contributed by atoms with Gasteiger partial charge in [0.1, 0.15) is 6.10 Å². The largest absolute Gasteiger partial charge is 0.368 e. The first-order valence-corrected chi connectivity index (χ1v) is 11.6. The Morgan fingerprint density at radius 3 is 2.67 bits per heavy atom. The van der Waals surface area contributed by atoms with Crippen LogP contribution in [0.5, 0.6) is 0 Å². The van der Waals surface area contributed by atoms with Crippen molar-refractivity contribution in [3.63, 3.8) is 0 Å². The number of rotatable bonds is 4. The minimum Gasteiger partial charge on any atom is -0.368 e. The van der Waals surface area contributed by atoms with E-state index < -0.39 is 16.1 Å². The predicted molar refractivity (Wildman–Crippen MR) is 116 cm³/mol. The highest BCUT2D eigenvalue weighted by Crippen LogP contribution is 2.33. The first kappa shape index (κ1) is 19.1. The standard InChI is InChI=1S/C23H22N2O4S/c26-23(22-6-3-13-29-22)25-12-11-17-7-9-19(15-21(17)25)24-30(27,28)20-10-8-16-4-1-2-5-18(16)14-20/h1-2,4-5,7-10,14-15,22,24H,3,6,11-13H2. The lowest BCUT2D eigenvalue weighted by molar-refractivity contribution is -0.127. The highest BCUT2D eigenvalue weighted by atomic mass is 32.2. The lowest BCUT2D eigenvalue weighted by Gasteiger charge is -2.21. The maximum Gasteiger partial charge on any atom is 0.261 e. The molecule has 154 valence electrons. The van der Waals surface area contributed by atoms with E-state index in [2.05, 4.69) is 4.72 Å². The number of hydrogen-bond acceptors (Lipinski definition) is 4. The fraction of sp³-hybridized carbons (Fsp3) is 0.261. The molecular formula is C23H22N2O4S. The first-order valence-electron chi connectivity index (χ1n) is 10.1. The van der Waals surface area contributed by atoms with E-state index in [0.29, 0.717) is 18.8 Å². The summed E-state index contributed by atoms with van der Waals surface area (Å²) in [6, 6.07) is 18.1. The van der Waals surface area contributed by atoms with Crippen LogP contribution >= 0.6 is 0 Å². The number of ether oxygens (including phenoxy) is 1. The second kappa shape index (κ2) is 7.41. The Morgan fingerprint density at radius 2 is 1.87 bits per heavy atom. The van der Waals surface area contributed by atoms with Gasteiger partial charge in [0.25, 0.3) is 15.9 Å². The van der Waals surface area contributed by atoms with Gasteiger partial charge in [0.15, 0.2) is 0 Å². The third-order valence-corrected chi connectivity index (χ3v) is 7.11. The van der Waals surface area contributed by atoms with Crippen LogP contribution in [0.1, 0.15) is 18.4 Å².